The van der Waals surface area contributed by atoms with Gasteiger partial charge in [-0.2, -0.15) is 0 Å². The molecular weight excluding hydrogens is 452 g/mol. The second-order valence-electron chi connectivity index (χ2n) is 6.97. The monoisotopic (exact) mass is 466 g/mol. The highest BCUT2D eigenvalue weighted by Crippen LogP contribution is 2.25. The van der Waals surface area contributed by atoms with Crippen LogP contribution in [-0.4, -0.2) is 18.9 Å². The summed E-state index contributed by atoms with van der Waals surface area (Å²) in [7, 11) is 0. The first-order valence-corrected chi connectivity index (χ1v) is 11.6. The maximum Gasteiger partial charge on any atom is 0.266 e. The van der Waals surface area contributed by atoms with E-state index in [9.17, 15) is 9.59 Å². The molecule has 0 N–H and O–H groups in total. The van der Waals surface area contributed by atoms with Crippen molar-refractivity contribution in [3.8, 4) is 5.69 Å². The molecule has 5 aromatic rings. The van der Waals surface area contributed by atoms with Crippen LogP contribution in [0.15, 0.2) is 74.9 Å². The van der Waals surface area contributed by atoms with Gasteiger partial charge in [0.1, 0.15) is 0 Å². The molecule has 0 atom stereocenters. The molecule has 31 heavy (non-hydrogen) atoms. The zero-order valence-corrected chi connectivity index (χ0v) is 18.7. The minimum Gasteiger partial charge on any atom is -0.269 e. The van der Waals surface area contributed by atoms with Gasteiger partial charge >= 0.3 is 0 Å². The summed E-state index contributed by atoms with van der Waals surface area (Å²) >= 11 is 8.89. The Morgan fingerprint density at radius 1 is 1.10 bits per heavy atom. The van der Waals surface area contributed by atoms with Crippen molar-refractivity contribution in [3.05, 3.63) is 97.1 Å². The standard InChI is InChI=1S/C22H15ClN4O2S2/c1-13-3-2-4-16(9-13)27-20(29)17-6-5-14(23)10-18(17)25-22(27)31-12-15-11-19(28)26-7-8-30-21(26)24-15/h2-11H,12H2,1H3. The lowest BCUT2D eigenvalue weighted by Gasteiger charge is -2.14. The molecule has 0 aliphatic heterocycles. The molecule has 0 saturated carbocycles. The van der Waals surface area contributed by atoms with Gasteiger partial charge in [-0.1, -0.05) is 35.5 Å². The van der Waals surface area contributed by atoms with Crippen LogP contribution in [0.3, 0.4) is 0 Å². The highest BCUT2D eigenvalue weighted by molar-refractivity contribution is 7.98. The molecule has 0 unspecified atom stereocenters. The number of halogens is 1. The molecule has 9 heteroatoms. The molecule has 5 rings (SSSR count). The summed E-state index contributed by atoms with van der Waals surface area (Å²) in [6.07, 6.45) is 1.70. The molecule has 0 aliphatic carbocycles. The minimum absolute atomic E-state index is 0.129. The number of fused-ring (bicyclic) bond motifs is 2. The Hall–Kier alpha value is -2.94. The van der Waals surface area contributed by atoms with Gasteiger partial charge in [-0.05, 0) is 42.8 Å². The van der Waals surface area contributed by atoms with Crippen molar-refractivity contribution in [3.63, 3.8) is 0 Å². The minimum atomic E-state index is -0.170. The fraction of sp³-hybridized carbons (Fsp3) is 0.0909. The van der Waals surface area contributed by atoms with Crippen LogP contribution in [0, 0.1) is 6.92 Å². The molecule has 0 radical (unpaired) electrons. The maximum atomic E-state index is 13.4. The van der Waals surface area contributed by atoms with E-state index in [0.29, 0.717) is 37.5 Å². The van der Waals surface area contributed by atoms with Gasteiger partial charge in [0, 0.05) is 28.4 Å². The van der Waals surface area contributed by atoms with Crippen LogP contribution >= 0.6 is 34.7 Å². The Labute approximate surface area is 189 Å². The Morgan fingerprint density at radius 2 is 1.97 bits per heavy atom. The van der Waals surface area contributed by atoms with Gasteiger partial charge in [0.05, 0.1) is 22.3 Å². The fourth-order valence-electron chi connectivity index (χ4n) is 3.33. The topological polar surface area (TPSA) is 69.3 Å². The number of hydrogen-bond acceptors (Lipinski definition) is 6. The van der Waals surface area contributed by atoms with E-state index in [0.717, 1.165) is 11.3 Å². The van der Waals surface area contributed by atoms with E-state index >= 15 is 0 Å². The SMILES string of the molecule is Cc1cccc(-n2c(SCc3cc(=O)n4ccsc4n3)nc3cc(Cl)ccc3c2=O)c1. The summed E-state index contributed by atoms with van der Waals surface area (Å²) < 4.78 is 3.11. The molecule has 3 aromatic heterocycles. The first-order valence-electron chi connectivity index (χ1n) is 9.37. The Bertz CT molecular complexity index is 1570. The lowest BCUT2D eigenvalue weighted by atomic mass is 10.2. The van der Waals surface area contributed by atoms with Crippen molar-refractivity contribution >= 4 is 50.6 Å². The molecule has 0 bridgehead atoms. The average molecular weight is 467 g/mol. The normalized spacial score (nSPS) is 11.4. The predicted octanol–water partition coefficient (Wildman–Crippen LogP) is 4.71. The summed E-state index contributed by atoms with van der Waals surface area (Å²) in [5.41, 5.74) is 2.64. The molecule has 3 heterocycles. The third kappa shape index (κ3) is 3.78. The lowest BCUT2D eigenvalue weighted by Crippen LogP contribution is -2.22. The van der Waals surface area contributed by atoms with Gasteiger partial charge in [0.2, 0.25) is 0 Å². The molecule has 0 amide bonds. The largest absolute Gasteiger partial charge is 0.269 e. The first kappa shape index (κ1) is 20.0. The third-order valence-corrected chi connectivity index (χ3v) is 6.73. The highest BCUT2D eigenvalue weighted by Gasteiger charge is 2.15. The van der Waals surface area contributed by atoms with E-state index < -0.39 is 0 Å². The number of benzene rings is 2. The van der Waals surface area contributed by atoms with Crippen molar-refractivity contribution in [2.45, 2.75) is 17.8 Å². The molecule has 0 fully saturated rings. The fourth-order valence-corrected chi connectivity index (χ4v) is 5.14. The summed E-state index contributed by atoms with van der Waals surface area (Å²) in [4.78, 5) is 35.6. The van der Waals surface area contributed by atoms with E-state index in [4.69, 9.17) is 16.6 Å². The smallest absolute Gasteiger partial charge is 0.266 e. The Balaban J connectivity index is 1.64. The van der Waals surface area contributed by atoms with Gasteiger partial charge in [-0.25, -0.2) is 9.97 Å². The van der Waals surface area contributed by atoms with Gasteiger partial charge < -0.3 is 0 Å². The number of rotatable bonds is 4. The van der Waals surface area contributed by atoms with Crippen molar-refractivity contribution in [2.24, 2.45) is 0 Å². The van der Waals surface area contributed by atoms with Crippen LogP contribution in [0.25, 0.3) is 21.6 Å². The van der Waals surface area contributed by atoms with Crippen molar-refractivity contribution < 1.29 is 0 Å². The lowest BCUT2D eigenvalue weighted by molar-refractivity contribution is 0.818. The van der Waals surface area contributed by atoms with Gasteiger partial charge in [-0.3, -0.25) is 18.6 Å². The molecule has 0 aliphatic rings. The second kappa shape index (κ2) is 7.96. The highest BCUT2D eigenvalue weighted by atomic mass is 35.5. The van der Waals surface area contributed by atoms with Crippen LogP contribution in [0.5, 0.6) is 0 Å². The third-order valence-electron chi connectivity index (χ3n) is 4.77. The Kier molecular flexibility index (Phi) is 5.13. The van der Waals surface area contributed by atoms with Crippen LogP contribution in [0.4, 0.5) is 0 Å². The first-order chi connectivity index (χ1) is 15.0. The molecule has 0 spiro atoms. The zero-order chi connectivity index (χ0) is 21.5. The number of thiazole rings is 1. The van der Waals surface area contributed by atoms with Gasteiger partial charge in [-0.15, -0.1) is 11.3 Å². The van der Waals surface area contributed by atoms with Crippen molar-refractivity contribution in [1.82, 2.24) is 18.9 Å². The van der Waals surface area contributed by atoms with Crippen LogP contribution in [0.2, 0.25) is 5.02 Å². The molecule has 2 aromatic carbocycles. The van der Waals surface area contributed by atoms with E-state index in [-0.39, 0.29) is 11.1 Å². The van der Waals surface area contributed by atoms with Gasteiger partial charge in [0.25, 0.3) is 11.1 Å². The Morgan fingerprint density at radius 3 is 2.81 bits per heavy atom. The van der Waals surface area contributed by atoms with Crippen molar-refractivity contribution in [2.75, 3.05) is 0 Å². The summed E-state index contributed by atoms with van der Waals surface area (Å²) in [6, 6.07) is 14.3. The van der Waals surface area contributed by atoms with E-state index in [2.05, 4.69) is 4.98 Å². The van der Waals surface area contributed by atoms with Crippen LogP contribution in [0.1, 0.15) is 11.3 Å². The summed E-state index contributed by atoms with van der Waals surface area (Å²) in [6.45, 7) is 1.98. The molecule has 6 nitrogen and oxygen atoms in total. The van der Waals surface area contributed by atoms with E-state index in [1.165, 1.54) is 33.6 Å². The van der Waals surface area contributed by atoms with Gasteiger partial charge in [0.15, 0.2) is 10.1 Å². The van der Waals surface area contributed by atoms with Crippen molar-refractivity contribution in [1.29, 1.82) is 0 Å². The number of aromatic nitrogens is 4. The number of aryl methyl sites for hydroxylation is 1. The quantitative estimate of drug-likeness (QED) is 0.283. The van der Waals surface area contributed by atoms with E-state index in [1.54, 1.807) is 29.0 Å². The maximum absolute atomic E-state index is 13.4. The van der Waals surface area contributed by atoms with Crippen LogP contribution < -0.4 is 11.1 Å². The molecular formula is C22H15ClN4O2S2. The van der Waals surface area contributed by atoms with Crippen LogP contribution in [-0.2, 0) is 5.75 Å². The number of nitrogens with zero attached hydrogens (tertiary/aromatic N) is 4. The zero-order valence-electron chi connectivity index (χ0n) is 16.3. The molecule has 154 valence electrons. The second-order valence-corrected chi connectivity index (χ2v) is 9.22. The predicted molar refractivity (Wildman–Crippen MR) is 126 cm³/mol. The number of thioether (sulfide) groups is 1. The summed E-state index contributed by atoms with van der Waals surface area (Å²) in [5.74, 6) is 0.397. The summed E-state index contributed by atoms with van der Waals surface area (Å²) in [5, 5.41) is 3.34. The molecule has 0 saturated heterocycles. The average Bonchev–Trinajstić information content (AvgIpc) is 3.21. The number of hydrogen-bond donors (Lipinski definition) is 0. The van der Waals surface area contributed by atoms with E-state index in [1.807, 2.05) is 36.6 Å².